The standard InChI is InChI=1S/C16H11N3/c17-13-4-2-6-15-16(13)12(9-19-15)10-3-1-5-14-11(10)7-8-18-14/h1-9H,17H2. The molecular formula is C16H11N3. The predicted molar refractivity (Wildman–Crippen MR) is 79.8 cm³/mol. The van der Waals surface area contributed by atoms with Crippen molar-refractivity contribution in [2.24, 2.45) is 9.98 Å². The molecule has 0 aliphatic carbocycles. The Morgan fingerprint density at radius 3 is 2.68 bits per heavy atom. The zero-order chi connectivity index (χ0) is 12.8. The molecule has 2 aliphatic rings. The van der Waals surface area contributed by atoms with Gasteiger partial charge in [-0.1, -0.05) is 18.2 Å². The summed E-state index contributed by atoms with van der Waals surface area (Å²) in [6.45, 7) is 0. The molecule has 19 heavy (non-hydrogen) atoms. The highest BCUT2D eigenvalue weighted by molar-refractivity contribution is 6.18. The predicted octanol–water partition coefficient (Wildman–Crippen LogP) is 1.68. The van der Waals surface area contributed by atoms with Crippen LogP contribution in [0.15, 0.2) is 46.4 Å². The molecule has 2 heterocycles. The second-order valence-electron chi connectivity index (χ2n) is 4.60. The average Bonchev–Trinajstić information content (AvgIpc) is 3.05. The van der Waals surface area contributed by atoms with Crippen molar-refractivity contribution in [3.8, 4) is 0 Å². The third-order valence-electron chi connectivity index (χ3n) is 3.50. The fraction of sp³-hybridized carbons (Fsp3) is 0. The van der Waals surface area contributed by atoms with E-state index in [2.05, 4.69) is 16.1 Å². The third kappa shape index (κ3) is 1.38. The van der Waals surface area contributed by atoms with Gasteiger partial charge in [0.25, 0.3) is 0 Å². The molecule has 4 rings (SSSR count). The quantitative estimate of drug-likeness (QED) is 0.705. The lowest BCUT2D eigenvalue weighted by Gasteiger charge is -2.04. The van der Waals surface area contributed by atoms with E-state index in [1.54, 1.807) is 0 Å². The van der Waals surface area contributed by atoms with Gasteiger partial charge in [-0.3, -0.25) is 9.98 Å². The molecule has 2 aromatic rings. The Morgan fingerprint density at radius 1 is 0.895 bits per heavy atom. The molecule has 2 N–H and O–H groups in total. The van der Waals surface area contributed by atoms with Crippen molar-refractivity contribution in [1.29, 1.82) is 0 Å². The van der Waals surface area contributed by atoms with Crippen LogP contribution in [0.3, 0.4) is 0 Å². The van der Waals surface area contributed by atoms with Crippen LogP contribution in [0.2, 0.25) is 0 Å². The van der Waals surface area contributed by atoms with Crippen LogP contribution in [0.1, 0.15) is 5.56 Å². The van der Waals surface area contributed by atoms with E-state index >= 15 is 0 Å². The van der Waals surface area contributed by atoms with E-state index in [0.29, 0.717) is 0 Å². The summed E-state index contributed by atoms with van der Waals surface area (Å²) in [5, 5.41) is 2.27. The smallest absolute Gasteiger partial charge is 0.0729 e. The molecule has 0 bridgehead atoms. The molecule has 0 saturated carbocycles. The van der Waals surface area contributed by atoms with E-state index in [0.717, 1.165) is 38.6 Å². The molecule has 3 nitrogen and oxygen atoms in total. The van der Waals surface area contributed by atoms with Crippen LogP contribution in [-0.2, 0) is 0 Å². The Kier molecular flexibility index (Phi) is 1.97. The number of aliphatic imine (C=N–C) groups is 2. The Hall–Kier alpha value is -2.68. The molecule has 0 aromatic heterocycles. The first-order valence-electron chi connectivity index (χ1n) is 6.15. The van der Waals surface area contributed by atoms with E-state index in [-0.39, 0.29) is 0 Å². The van der Waals surface area contributed by atoms with Gasteiger partial charge in [-0.2, -0.15) is 0 Å². The lowest BCUT2D eigenvalue weighted by molar-refractivity contribution is 1.46. The van der Waals surface area contributed by atoms with E-state index in [1.807, 2.05) is 48.8 Å². The molecule has 90 valence electrons. The van der Waals surface area contributed by atoms with Crippen molar-refractivity contribution in [3.63, 3.8) is 0 Å². The fourth-order valence-corrected chi connectivity index (χ4v) is 2.63. The van der Waals surface area contributed by atoms with Crippen LogP contribution in [0, 0.1) is 0 Å². The van der Waals surface area contributed by atoms with Crippen LogP contribution >= 0.6 is 0 Å². The zero-order valence-corrected chi connectivity index (χ0v) is 10.2. The molecule has 2 aliphatic heterocycles. The Balaban J connectivity index is 2.17. The summed E-state index contributed by atoms with van der Waals surface area (Å²) in [6, 6.07) is 11.9. The maximum absolute atomic E-state index is 6.10. The van der Waals surface area contributed by atoms with Crippen molar-refractivity contribution < 1.29 is 0 Å². The highest BCUT2D eigenvalue weighted by Gasteiger charge is 2.16. The lowest BCUT2D eigenvalue weighted by Crippen LogP contribution is -2.26. The number of hydrogen-bond donors (Lipinski definition) is 1. The van der Waals surface area contributed by atoms with Gasteiger partial charge in [0.15, 0.2) is 0 Å². The second-order valence-corrected chi connectivity index (χ2v) is 4.60. The van der Waals surface area contributed by atoms with E-state index < -0.39 is 0 Å². The maximum Gasteiger partial charge on any atom is 0.0729 e. The summed E-state index contributed by atoms with van der Waals surface area (Å²) in [7, 11) is 0. The van der Waals surface area contributed by atoms with Crippen molar-refractivity contribution in [3.05, 3.63) is 52.4 Å². The van der Waals surface area contributed by atoms with Gasteiger partial charge < -0.3 is 5.73 Å². The fourth-order valence-electron chi connectivity index (χ4n) is 2.63. The first-order chi connectivity index (χ1) is 9.34. The van der Waals surface area contributed by atoms with Gasteiger partial charge >= 0.3 is 0 Å². The zero-order valence-electron chi connectivity index (χ0n) is 10.2. The van der Waals surface area contributed by atoms with Gasteiger partial charge in [-0.25, -0.2) is 0 Å². The minimum atomic E-state index is 0.765. The van der Waals surface area contributed by atoms with Gasteiger partial charge in [0, 0.05) is 34.5 Å². The molecule has 3 heteroatoms. The van der Waals surface area contributed by atoms with Crippen LogP contribution in [0.25, 0.3) is 11.6 Å². The van der Waals surface area contributed by atoms with Crippen LogP contribution in [0.5, 0.6) is 0 Å². The molecule has 0 atom stereocenters. The maximum atomic E-state index is 6.10. The number of rotatable bonds is 0. The van der Waals surface area contributed by atoms with Gasteiger partial charge in [0.05, 0.1) is 11.4 Å². The highest BCUT2D eigenvalue weighted by Crippen LogP contribution is 2.34. The normalized spacial score (nSPS) is 17.3. The molecule has 2 aromatic carbocycles. The summed E-state index contributed by atoms with van der Waals surface area (Å²) in [4.78, 5) is 8.79. The number of fused-ring (bicyclic) bond motifs is 2. The Morgan fingerprint density at radius 2 is 1.74 bits per heavy atom. The largest absolute Gasteiger partial charge is 0.398 e. The van der Waals surface area contributed by atoms with Crippen LogP contribution in [-0.4, -0.2) is 12.4 Å². The first-order valence-corrected chi connectivity index (χ1v) is 6.15. The molecule has 0 unspecified atom stereocenters. The second kappa shape index (κ2) is 3.65. The summed E-state index contributed by atoms with van der Waals surface area (Å²) >= 11 is 0. The summed E-state index contributed by atoms with van der Waals surface area (Å²) in [6.07, 6.45) is 5.75. The van der Waals surface area contributed by atoms with Crippen LogP contribution in [0.4, 0.5) is 17.1 Å². The molecule has 0 amide bonds. The number of anilines is 1. The van der Waals surface area contributed by atoms with Crippen LogP contribution < -0.4 is 16.2 Å². The Bertz CT molecular complexity index is 873. The topological polar surface area (TPSA) is 50.7 Å². The van der Waals surface area contributed by atoms with Gasteiger partial charge in [0.1, 0.15) is 0 Å². The monoisotopic (exact) mass is 245 g/mol. The van der Waals surface area contributed by atoms with Gasteiger partial charge in [-0.05, 0) is 29.5 Å². The molecule has 0 fully saturated rings. The van der Waals surface area contributed by atoms with Crippen molar-refractivity contribution >= 4 is 41.1 Å². The average molecular weight is 245 g/mol. The van der Waals surface area contributed by atoms with E-state index in [4.69, 9.17) is 5.73 Å². The minimum absolute atomic E-state index is 0.765. The highest BCUT2D eigenvalue weighted by atomic mass is 14.8. The Labute approximate surface area is 110 Å². The minimum Gasteiger partial charge on any atom is -0.398 e. The first kappa shape index (κ1) is 10.3. The number of nitrogens with zero attached hydrogens (tertiary/aromatic N) is 2. The molecule has 0 saturated heterocycles. The van der Waals surface area contributed by atoms with Gasteiger partial charge in [-0.15, -0.1) is 0 Å². The summed E-state index contributed by atoms with van der Waals surface area (Å²) in [5.74, 6) is 0. The number of nitrogens with two attached hydrogens (primary N) is 1. The lowest BCUT2D eigenvalue weighted by atomic mass is 10.0. The summed E-state index contributed by atoms with van der Waals surface area (Å²) in [5.41, 5.74) is 10.9. The summed E-state index contributed by atoms with van der Waals surface area (Å²) < 4.78 is 0. The number of nitrogen functional groups attached to an aromatic ring is 1. The SMILES string of the molecule is Nc1cccc2c1C(=c1cccc3c1=CC=N3)C=N2. The van der Waals surface area contributed by atoms with Gasteiger partial charge in [0.2, 0.25) is 0 Å². The number of hydrogen-bond acceptors (Lipinski definition) is 3. The molecule has 0 radical (unpaired) electrons. The van der Waals surface area contributed by atoms with E-state index in [9.17, 15) is 0 Å². The van der Waals surface area contributed by atoms with Crippen molar-refractivity contribution in [1.82, 2.24) is 0 Å². The van der Waals surface area contributed by atoms with E-state index in [1.165, 1.54) is 0 Å². The van der Waals surface area contributed by atoms with Crippen molar-refractivity contribution in [2.45, 2.75) is 0 Å². The molecule has 0 spiro atoms. The van der Waals surface area contributed by atoms with Crippen molar-refractivity contribution in [2.75, 3.05) is 5.73 Å². The third-order valence-corrected chi connectivity index (χ3v) is 3.50. The molecular weight excluding hydrogens is 234 g/mol. The number of benzene rings is 2.